The van der Waals surface area contributed by atoms with Gasteiger partial charge in [-0.25, -0.2) is 0 Å². The first kappa shape index (κ1) is 21.2. The fraction of sp³-hybridized carbons (Fsp3) is 0.444. The van der Waals surface area contributed by atoms with Crippen LogP contribution in [0.15, 0.2) is 48.7 Å². The Morgan fingerprint density at radius 1 is 1.09 bits per heavy atom. The van der Waals surface area contributed by atoms with Crippen LogP contribution in [0.2, 0.25) is 0 Å². The number of amides is 1. The van der Waals surface area contributed by atoms with Gasteiger partial charge in [-0.2, -0.15) is 0 Å². The topological polar surface area (TPSA) is 54.6 Å². The van der Waals surface area contributed by atoms with Crippen molar-refractivity contribution < 1.29 is 14.3 Å². The van der Waals surface area contributed by atoms with Crippen molar-refractivity contribution in [1.29, 1.82) is 0 Å². The molecule has 0 bridgehead atoms. The first-order chi connectivity index (χ1) is 15.6. The van der Waals surface area contributed by atoms with Crippen LogP contribution in [0.5, 0.6) is 0 Å². The molecule has 0 aliphatic carbocycles. The molecule has 0 radical (unpaired) electrons. The second kappa shape index (κ2) is 8.72. The maximum absolute atomic E-state index is 13.4. The van der Waals surface area contributed by atoms with E-state index in [0.29, 0.717) is 32.7 Å². The number of aryl methyl sites for hydroxylation is 2. The minimum Gasteiger partial charge on any atom is -0.361 e. The Bertz CT molecular complexity index is 1090. The molecular weight excluding hydrogens is 400 g/mol. The summed E-state index contributed by atoms with van der Waals surface area (Å²) in [6, 6.07) is 15.1. The highest BCUT2D eigenvalue weighted by Crippen LogP contribution is 2.36. The molecule has 2 saturated heterocycles. The van der Waals surface area contributed by atoms with Crippen LogP contribution in [0.4, 0.5) is 0 Å². The van der Waals surface area contributed by atoms with Gasteiger partial charge in [0.15, 0.2) is 5.79 Å². The molecule has 1 atom stereocenters. The van der Waals surface area contributed by atoms with Gasteiger partial charge in [-0.15, -0.1) is 0 Å². The minimum absolute atomic E-state index is 0.0128. The third kappa shape index (κ3) is 3.96. The quantitative estimate of drug-likeness (QED) is 0.622. The van der Waals surface area contributed by atoms with E-state index in [0.717, 1.165) is 19.3 Å². The Balaban J connectivity index is 1.42. The lowest BCUT2D eigenvalue weighted by atomic mass is 9.86. The summed E-state index contributed by atoms with van der Waals surface area (Å²) in [4.78, 5) is 18.9. The van der Waals surface area contributed by atoms with Gasteiger partial charge in [-0.05, 0) is 30.0 Å². The fourth-order valence-electron chi connectivity index (χ4n) is 5.21. The number of H-pyrrole nitrogens is 1. The highest BCUT2D eigenvalue weighted by molar-refractivity contribution is 5.88. The molecule has 2 aliphatic rings. The number of carbonyl (C=O) groups excluding carboxylic acids is 1. The Labute approximate surface area is 189 Å². The van der Waals surface area contributed by atoms with Crippen LogP contribution in [0.25, 0.3) is 10.9 Å². The lowest BCUT2D eigenvalue weighted by Gasteiger charge is -2.38. The molecule has 0 saturated carbocycles. The Kier molecular flexibility index (Phi) is 5.78. The maximum Gasteiger partial charge on any atom is 0.223 e. The van der Waals surface area contributed by atoms with Crippen LogP contribution < -0.4 is 0 Å². The molecule has 2 aromatic carbocycles. The third-order valence-electron chi connectivity index (χ3n) is 7.14. The normalized spacial score (nSPS) is 19.0. The Hall–Kier alpha value is -2.63. The highest BCUT2D eigenvalue weighted by Gasteiger charge is 2.41. The number of likely N-dealkylation sites (tertiary alicyclic amines) is 1. The summed E-state index contributed by atoms with van der Waals surface area (Å²) in [6.07, 6.45) is 5.04. The third-order valence-corrected chi connectivity index (χ3v) is 7.14. The van der Waals surface area contributed by atoms with Crippen molar-refractivity contribution in [2.24, 2.45) is 0 Å². The number of hydrogen-bond acceptors (Lipinski definition) is 3. The number of aromatic nitrogens is 1. The maximum atomic E-state index is 13.4. The summed E-state index contributed by atoms with van der Waals surface area (Å²) in [7, 11) is 0. The number of rotatable bonds is 5. The van der Waals surface area contributed by atoms with E-state index in [4.69, 9.17) is 9.47 Å². The molecule has 5 heteroatoms. The van der Waals surface area contributed by atoms with Gasteiger partial charge >= 0.3 is 0 Å². The molecule has 1 aromatic heterocycles. The van der Waals surface area contributed by atoms with Crippen molar-refractivity contribution in [3.8, 4) is 0 Å². The minimum atomic E-state index is -0.458. The largest absolute Gasteiger partial charge is 0.361 e. The van der Waals surface area contributed by atoms with Crippen LogP contribution in [0, 0.1) is 6.92 Å². The van der Waals surface area contributed by atoms with Crippen molar-refractivity contribution in [2.45, 2.75) is 51.2 Å². The van der Waals surface area contributed by atoms with Gasteiger partial charge < -0.3 is 19.4 Å². The zero-order valence-electron chi connectivity index (χ0n) is 19.0. The summed E-state index contributed by atoms with van der Waals surface area (Å²) < 4.78 is 11.7. The molecule has 3 aromatic rings. The number of carbonyl (C=O) groups is 1. The van der Waals surface area contributed by atoms with Crippen molar-refractivity contribution in [2.75, 3.05) is 26.3 Å². The standard InChI is InChI=1S/C27H32N2O3/c1-3-20-5-4-6-22-24(18-28-26(20)22)23(21-9-7-19(2)8-10-21)17-25(30)29-13-11-27(12-14-29)31-15-16-32-27/h4-10,18,23,28H,3,11-17H2,1-2H3/t23-/m0/s1. The van der Waals surface area contributed by atoms with E-state index in [2.05, 4.69) is 67.5 Å². The number of fused-ring (bicyclic) bond motifs is 1. The SMILES string of the molecule is CCc1cccc2c([C@@H](CC(=O)N3CCC4(CC3)OCCO4)c3ccc(C)cc3)c[nH]c12. The first-order valence-corrected chi connectivity index (χ1v) is 11.8. The molecule has 168 valence electrons. The van der Waals surface area contributed by atoms with E-state index < -0.39 is 5.79 Å². The van der Waals surface area contributed by atoms with Crippen LogP contribution in [-0.2, 0) is 20.7 Å². The van der Waals surface area contributed by atoms with Crippen molar-refractivity contribution >= 4 is 16.8 Å². The number of para-hydroxylation sites is 1. The van der Waals surface area contributed by atoms with E-state index >= 15 is 0 Å². The zero-order chi connectivity index (χ0) is 22.1. The molecule has 1 N–H and O–H groups in total. The Morgan fingerprint density at radius 3 is 2.50 bits per heavy atom. The molecule has 3 heterocycles. The van der Waals surface area contributed by atoms with E-state index in [9.17, 15) is 4.79 Å². The average molecular weight is 433 g/mol. The molecule has 1 spiro atoms. The van der Waals surface area contributed by atoms with Gasteiger partial charge in [0.25, 0.3) is 0 Å². The summed E-state index contributed by atoms with van der Waals surface area (Å²) in [5.41, 5.74) is 6.10. The fourth-order valence-corrected chi connectivity index (χ4v) is 5.21. The number of aromatic amines is 1. The number of piperidine rings is 1. The molecular formula is C27H32N2O3. The highest BCUT2D eigenvalue weighted by atomic mass is 16.7. The number of nitrogens with zero attached hydrogens (tertiary/aromatic N) is 1. The first-order valence-electron chi connectivity index (χ1n) is 11.8. The molecule has 2 fully saturated rings. The summed E-state index contributed by atoms with van der Waals surface area (Å²) >= 11 is 0. The van der Waals surface area contributed by atoms with Gasteiger partial charge in [0.1, 0.15) is 0 Å². The summed E-state index contributed by atoms with van der Waals surface area (Å²) in [6.45, 7) is 6.96. The molecule has 2 aliphatic heterocycles. The van der Waals surface area contributed by atoms with Crippen molar-refractivity contribution in [3.05, 3.63) is 70.9 Å². The number of benzene rings is 2. The van der Waals surface area contributed by atoms with Gasteiger partial charge in [0.2, 0.25) is 5.91 Å². The lowest BCUT2D eigenvalue weighted by molar-refractivity contribution is -0.187. The van der Waals surface area contributed by atoms with Crippen LogP contribution in [0.1, 0.15) is 54.4 Å². The monoisotopic (exact) mass is 432 g/mol. The van der Waals surface area contributed by atoms with Crippen molar-refractivity contribution in [3.63, 3.8) is 0 Å². The molecule has 1 amide bonds. The smallest absolute Gasteiger partial charge is 0.223 e. The predicted molar refractivity (Wildman–Crippen MR) is 126 cm³/mol. The van der Waals surface area contributed by atoms with E-state index in [1.165, 1.54) is 33.2 Å². The van der Waals surface area contributed by atoms with Crippen LogP contribution in [-0.4, -0.2) is 47.9 Å². The second-order valence-corrected chi connectivity index (χ2v) is 9.09. The van der Waals surface area contributed by atoms with E-state index in [1.807, 2.05) is 4.90 Å². The average Bonchev–Trinajstić information content (AvgIpc) is 3.46. The zero-order valence-corrected chi connectivity index (χ0v) is 19.0. The molecule has 0 unspecified atom stereocenters. The number of nitrogens with one attached hydrogen (secondary N) is 1. The second-order valence-electron chi connectivity index (χ2n) is 9.09. The van der Waals surface area contributed by atoms with Crippen LogP contribution >= 0.6 is 0 Å². The van der Waals surface area contributed by atoms with Gasteiger partial charge in [-0.3, -0.25) is 4.79 Å². The Morgan fingerprint density at radius 2 is 1.81 bits per heavy atom. The van der Waals surface area contributed by atoms with Gasteiger partial charge in [-0.1, -0.05) is 55.0 Å². The summed E-state index contributed by atoms with van der Waals surface area (Å²) in [5, 5.41) is 1.22. The van der Waals surface area contributed by atoms with Gasteiger partial charge in [0.05, 0.1) is 13.2 Å². The lowest BCUT2D eigenvalue weighted by Crippen LogP contribution is -2.47. The van der Waals surface area contributed by atoms with E-state index in [1.54, 1.807) is 0 Å². The van der Waals surface area contributed by atoms with Gasteiger partial charge in [0, 0.05) is 55.4 Å². The van der Waals surface area contributed by atoms with Crippen LogP contribution in [0.3, 0.4) is 0 Å². The number of hydrogen-bond donors (Lipinski definition) is 1. The predicted octanol–water partition coefficient (Wildman–Crippen LogP) is 4.93. The van der Waals surface area contributed by atoms with Crippen molar-refractivity contribution in [1.82, 2.24) is 9.88 Å². The van der Waals surface area contributed by atoms with E-state index in [-0.39, 0.29) is 11.8 Å². The number of ether oxygens (including phenoxy) is 2. The molecule has 32 heavy (non-hydrogen) atoms. The molecule has 5 rings (SSSR count). The molecule has 5 nitrogen and oxygen atoms in total. The summed E-state index contributed by atoms with van der Waals surface area (Å²) in [5.74, 6) is -0.246.